The number of hydrogen-bond donors (Lipinski definition) is 0. The molecule has 0 saturated heterocycles. The van der Waals surface area contributed by atoms with Crippen LogP contribution < -0.4 is 4.90 Å². The van der Waals surface area contributed by atoms with Crippen LogP contribution in [0.4, 0.5) is 14.5 Å². The fraction of sp³-hybridized carbons (Fsp3) is 0.261. The molecular weight excluding hydrogens is 477 g/mol. The molecule has 0 radical (unpaired) electrons. The summed E-state index contributed by atoms with van der Waals surface area (Å²) in [6.07, 6.45) is 5.16. The Balaban J connectivity index is 1.71. The van der Waals surface area contributed by atoms with Crippen LogP contribution in [0.15, 0.2) is 52.6 Å². The maximum Gasteiger partial charge on any atom is 0.257 e. The fourth-order valence-electron chi connectivity index (χ4n) is 4.00. The van der Waals surface area contributed by atoms with E-state index in [1.165, 1.54) is 12.1 Å². The molecule has 0 N–H and O–H groups in total. The highest BCUT2D eigenvalue weighted by atomic mass is 35.5. The number of rotatable bonds is 4. The van der Waals surface area contributed by atoms with Crippen molar-refractivity contribution in [1.82, 2.24) is 0 Å². The average molecular weight is 494 g/mol. The second-order valence-electron chi connectivity index (χ2n) is 7.81. The van der Waals surface area contributed by atoms with Crippen molar-refractivity contribution >= 4 is 52.5 Å². The molecule has 32 heavy (non-hydrogen) atoms. The summed E-state index contributed by atoms with van der Waals surface area (Å²) in [5.74, 6) is -3.12. The second kappa shape index (κ2) is 8.47. The van der Waals surface area contributed by atoms with Crippen molar-refractivity contribution in [1.29, 1.82) is 5.26 Å². The Morgan fingerprint density at radius 2 is 1.88 bits per heavy atom. The number of nitriles is 1. The number of nitrogens with zero attached hydrogens (tertiary/aromatic N) is 4. The van der Waals surface area contributed by atoms with Crippen LogP contribution in [0.1, 0.15) is 30.0 Å². The van der Waals surface area contributed by atoms with Gasteiger partial charge in [0.05, 0.1) is 44.6 Å². The summed E-state index contributed by atoms with van der Waals surface area (Å²) in [6, 6.07) is 10.3. The Morgan fingerprint density at radius 3 is 2.47 bits per heavy atom. The highest BCUT2D eigenvalue weighted by Crippen LogP contribution is 2.49. The van der Waals surface area contributed by atoms with Crippen molar-refractivity contribution in [3.63, 3.8) is 0 Å². The van der Waals surface area contributed by atoms with E-state index in [9.17, 15) is 5.26 Å². The van der Waals surface area contributed by atoms with Gasteiger partial charge in [0.1, 0.15) is 6.07 Å². The van der Waals surface area contributed by atoms with Crippen LogP contribution in [0.2, 0.25) is 15.1 Å². The van der Waals surface area contributed by atoms with Crippen LogP contribution in [0.5, 0.6) is 0 Å². The SMILES string of the molecule is CC(F)(F)C1(c2cc(Cl)c(Cl)c(Cl)c2)CN=C(c2ccc(N3C=NC=CC3)c(C#N)c2)C1. The molecule has 2 heterocycles. The van der Waals surface area contributed by atoms with Gasteiger partial charge in [-0.2, -0.15) is 5.26 Å². The topological polar surface area (TPSA) is 51.8 Å². The number of aliphatic imine (C=N–C) groups is 2. The molecule has 2 aromatic rings. The number of halogens is 5. The van der Waals surface area contributed by atoms with Crippen molar-refractivity contribution in [2.45, 2.75) is 24.7 Å². The van der Waals surface area contributed by atoms with E-state index in [1.54, 1.807) is 30.7 Å². The molecule has 2 aliphatic rings. The molecule has 0 saturated carbocycles. The van der Waals surface area contributed by atoms with Crippen molar-refractivity contribution < 1.29 is 8.78 Å². The van der Waals surface area contributed by atoms with Crippen LogP contribution in [-0.4, -0.2) is 31.1 Å². The van der Waals surface area contributed by atoms with Gasteiger partial charge in [0.2, 0.25) is 0 Å². The summed E-state index contributed by atoms with van der Waals surface area (Å²) in [6.45, 7) is 1.31. The lowest BCUT2D eigenvalue weighted by atomic mass is 9.72. The predicted octanol–water partition coefficient (Wildman–Crippen LogP) is 6.67. The van der Waals surface area contributed by atoms with E-state index in [0.29, 0.717) is 29.1 Å². The minimum Gasteiger partial charge on any atom is -0.327 e. The van der Waals surface area contributed by atoms with E-state index in [2.05, 4.69) is 16.1 Å². The first-order chi connectivity index (χ1) is 15.2. The number of anilines is 1. The molecule has 0 aromatic heterocycles. The van der Waals surface area contributed by atoms with E-state index in [0.717, 1.165) is 6.92 Å². The Labute approximate surface area is 199 Å². The first-order valence-electron chi connectivity index (χ1n) is 9.72. The maximum atomic E-state index is 15.0. The van der Waals surface area contributed by atoms with E-state index in [4.69, 9.17) is 34.8 Å². The molecule has 4 rings (SSSR count). The van der Waals surface area contributed by atoms with Gasteiger partial charge >= 0.3 is 0 Å². The molecule has 4 nitrogen and oxygen atoms in total. The molecule has 164 valence electrons. The van der Waals surface area contributed by atoms with Gasteiger partial charge in [-0.05, 0) is 41.5 Å². The van der Waals surface area contributed by atoms with Gasteiger partial charge in [-0.1, -0.05) is 40.9 Å². The van der Waals surface area contributed by atoms with E-state index in [-0.39, 0.29) is 33.6 Å². The lowest BCUT2D eigenvalue weighted by molar-refractivity contribution is -0.0524. The van der Waals surface area contributed by atoms with Crippen molar-refractivity contribution in [3.05, 3.63) is 74.4 Å². The Kier molecular flexibility index (Phi) is 6.02. The standard InChI is InChI=1S/C23H17Cl3F2N4/c1-22(27,28)23(16-8-17(24)21(26)18(25)9-16)10-19(31-12-23)14-3-4-20(15(7-14)11-29)32-6-2-5-30-13-32/h2-5,7-9,13H,6,10,12H2,1H3. The van der Waals surface area contributed by atoms with Gasteiger partial charge < -0.3 is 4.90 Å². The normalized spacial score (nSPS) is 20.4. The summed E-state index contributed by atoms with van der Waals surface area (Å²) >= 11 is 18.3. The van der Waals surface area contributed by atoms with Gasteiger partial charge in [-0.15, -0.1) is 0 Å². The molecule has 0 spiro atoms. The Bertz CT molecular complexity index is 1190. The monoisotopic (exact) mass is 492 g/mol. The van der Waals surface area contributed by atoms with Crippen LogP contribution >= 0.6 is 34.8 Å². The molecule has 0 amide bonds. The largest absolute Gasteiger partial charge is 0.327 e. The molecule has 1 unspecified atom stereocenters. The first kappa shape index (κ1) is 22.7. The molecule has 0 bridgehead atoms. The van der Waals surface area contributed by atoms with E-state index < -0.39 is 11.3 Å². The quantitative estimate of drug-likeness (QED) is 0.447. The average Bonchev–Trinajstić information content (AvgIpc) is 3.24. The number of benzene rings is 2. The van der Waals surface area contributed by atoms with Gasteiger partial charge in [0.15, 0.2) is 0 Å². The van der Waals surface area contributed by atoms with E-state index >= 15 is 8.78 Å². The predicted molar refractivity (Wildman–Crippen MR) is 126 cm³/mol. The highest BCUT2D eigenvalue weighted by molar-refractivity contribution is 6.48. The smallest absolute Gasteiger partial charge is 0.257 e. The molecule has 2 aromatic carbocycles. The molecular formula is C23H17Cl3F2N4. The van der Waals surface area contributed by atoms with Gasteiger partial charge in [-0.25, -0.2) is 13.8 Å². The molecule has 9 heteroatoms. The summed E-state index contributed by atoms with van der Waals surface area (Å²) in [5, 5.41) is 10.0. The third kappa shape index (κ3) is 3.90. The second-order valence-corrected chi connectivity index (χ2v) is 9.00. The molecule has 2 aliphatic heterocycles. The van der Waals surface area contributed by atoms with E-state index in [1.807, 2.05) is 11.0 Å². The summed E-state index contributed by atoms with van der Waals surface area (Å²) < 4.78 is 30.0. The maximum absolute atomic E-state index is 15.0. The van der Waals surface area contributed by atoms with Crippen molar-refractivity contribution in [3.8, 4) is 6.07 Å². The Hall–Kier alpha value is -2.46. The minimum absolute atomic E-state index is 0.0388. The fourth-order valence-corrected chi connectivity index (χ4v) is 4.59. The number of alkyl halides is 2. The lowest BCUT2D eigenvalue weighted by Crippen LogP contribution is -2.44. The highest BCUT2D eigenvalue weighted by Gasteiger charge is 2.54. The number of hydrogen-bond acceptors (Lipinski definition) is 4. The summed E-state index contributed by atoms with van der Waals surface area (Å²) in [4.78, 5) is 10.4. The lowest BCUT2D eigenvalue weighted by Gasteiger charge is -2.35. The zero-order valence-electron chi connectivity index (χ0n) is 16.9. The zero-order valence-corrected chi connectivity index (χ0v) is 19.2. The third-order valence-corrected chi connectivity index (χ3v) is 7.04. The van der Waals surface area contributed by atoms with Crippen LogP contribution in [0, 0.1) is 11.3 Å². The van der Waals surface area contributed by atoms with Crippen LogP contribution in [-0.2, 0) is 5.41 Å². The molecule has 0 fully saturated rings. The molecule has 0 aliphatic carbocycles. The summed E-state index contributed by atoms with van der Waals surface area (Å²) in [5.41, 5.74) is 0.847. The van der Waals surface area contributed by atoms with Gasteiger partial charge in [0.25, 0.3) is 5.92 Å². The van der Waals surface area contributed by atoms with Gasteiger partial charge in [0, 0.05) is 31.8 Å². The van der Waals surface area contributed by atoms with Gasteiger partial charge in [-0.3, -0.25) is 4.99 Å². The summed E-state index contributed by atoms with van der Waals surface area (Å²) in [7, 11) is 0. The first-order valence-corrected chi connectivity index (χ1v) is 10.9. The van der Waals surface area contributed by atoms with Crippen LogP contribution in [0.25, 0.3) is 0 Å². The Morgan fingerprint density at radius 1 is 1.16 bits per heavy atom. The molecule has 1 atom stereocenters. The van der Waals surface area contributed by atoms with Crippen molar-refractivity contribution in [2.24, 2.45) is 9.98 Å². The zero-order chi connectivity index (χ0) is 23.1. The minimum atomic E-state index is -3.12. The van der Waals surface area contributed by atoms with Crippen molar-refractivity contribution in [2.75, 3.05) is 18.0 Å². The van der Waals surface area contributed by atoms with Crippen LogP contribution in [0.3, 0.4) is 0 Å². The third-order valence-electron chi connectivity index (χ3n) is 5.85.